The summed E-state index contributed by atoms with van der Waals surface area (Å²) in [5.74, 6) is 2.33. The zero-order chi connectivity index (χ0) is 6.62. The molecule has 8 heavy (non-hydrogen) atoms. The molecule has 2 nitrogen and oxygen atoms in total. The minimum Gasteiger partial charge on any atom is -0.326 e. The van der Waals surface area contributed by atoms with Crippen LogP contribution in [0.5, 0.6) is 0 Å². The van der Waals surface area contributed by atoms with Gasteiger partial charge in [-0.05, 0) is 5.92 Å². The summed E-state index contributed by atoms with van der Waals surface area (Å²) in [5, 5.41) is 7.48. The van der Waals surface area contributed by atoms with Gasteiger partial charge in [0.15, 0.2) is 6.29 Å². The molecular weight excluding hydrogens is 118 g/mol. The van der Waals surface area contributed by atoms with E-state index >= 15 is 0 Å². The van der Waals surface area contributed by atoms with Crippen molar-refractivity contribution in [2.75, 3.05) is 0 Å². The van der Waals surface area contributed by atoms with Gasteiger partial charge in [-0.2, -0.15) is 8.78 Å². The van der Waals surface area contributed by atoms with Gasteiger partial charge in [0, 0.05) is 5.92 Å². The fourth-order valence-electron chi connectivity index (χ4n) is 0.116. The van der Waals surface area contributed by atoms with Crippen LogP contribution in [0.15, 0.2) is 0 Å². The molecule has 0 aliphatic rings. The Morgan fingerprint density at radius 3 is 2.25 bits per heavy atom. The Morgan fingerprint density at radius 2 is 2.12 bits per heavy atom. The highest BCUT2D eigenvalue weighted by Gasteiger charge is 2.18. The van der Waals surface area contributed by atoms with Gasteiger partial charge in [0.25, 0.3) is 0 Å². The molecule has 0 atom stereocenters. The van der Waals surface area contributed by atoms with Crippen LogP contribution in [0.1, 0.15) is 0 Å². The highest BCUT2D eigenvalue weighted by molar-refractivity contribution is 5.72. The predicted octanol–water partition coefficient (Wildman–Crippen LogP) is -0.226. The second-order valence-corrected chi connectivity index (χ2v) is 0.928. The average Bonchev–Trinajstić information content (AvgIpc) is 1.59. The Bertz CT molecular complexity index is 136. The second-order valence-electron chi connectivity index (χ2n) is 0.928. The molecule has 0 saturated carbocycles. The molecule has 0 aliphatic carbocycles. The summed E-state index contributed by atoms with van der Waals surface area (Å²) in [6.07, 6.45) is -4.06. The van der Waals surface area contributed by atoms with Crippen LogP contribution in [0.2, 0.25) is 0 Å². The molecule has 0 radical (unpaired) electrons. The summed E-state index contributed by atoms with van der Waals surface area (Å²) in [4.78, 5) is 9.23. The van der Waals surface area contributed by atoms with Gasteiger partial charge in [-0.15, -0.1) is 0 Å². The van der Waals surface area contributed by atoms with Gasteiger partial charge in [-0.25, -0.2) is 0 Å². The van der Waals surface area contributed by atoms with E-state index in [1.165, 1.54) is 5.92 Å². The van der Waals surface area contributed by atoms with Crippen LogP contribution in [0.3, 0.4) is 0 Å². The van der Waals surface area contributed by atoms with E-state index in [0.29, 0.717) is 0 Å². The molecule has 0 aromatic heterocycles. The molecule has 44 valence electrons. The molecule has 0 heterocycles. The van der Waals surface area contributed by atoms with Crippen molar-refractivity contribution in [2.45, 2.75) is 6.11 Å². The number of aliphatic hydroxyl groups is 1. The number of carbonyl (C=O) groups is 1. The number of hydrogen-bond acceptors (Lipinski definition) is 2. The monoisotopic (exact) mass is 120 g/mol. The lowest BCUT2D eigenvalue weighted by Crippen LogP contribution is -2.09. The summed E-state index contributed by atoms with van der Waals surface area (Å²) in [7, 11) is 0. The van der Waals surface area contributed by atoms with E-state index < -0.39 is 6.11 Å². The molecular formula is C4H2F2O2. The average molecular weight is 120 g/mol. The molecule has 0 bridgehead atoms. The highest BCUT2D eigenvalue weighted by Crippen LogP contribution is 2.03. The van der Waals surface area contributed by atoms with Crippen molar-refractivity contribution in [1.82, 2.24) is 0 Å². The fraction of sp³-hybridized carbons (Fsp3) is 0.250. The van der Waals surface area contributed by atoms with Crippen LogP contribution >= 0.6 is 0 Å². The van der Waals surface area contributed by atoms with Crippen LogP contribution in [-0.4, -0.2) is 17.5 Å². The Kier molecular flexibility index (Phi) is 2.10. The summed E-state index contributed by atoms with van der Waals surface area (Å²) in [6.45, 7) is 0. The van der Waals surface area contributed by atoms with Gasteiger partial charge >= 0.3 is 6.11 Å². The topological polar surface area (TPSA) is 37.3 Å². The predicted molar refractivity (Wildman–Crippen MR) is 21.0 cm³/mol. The van der Waals surface area contributed by atoms with Crippen molar-refractivity contribution in [3.63, 3.8) is 0 Å². The Morgan fingerprint density at radius 1 is 1.62 bits per heavy atom. The van der Waals surface area contributed by atoms with Crippen LogP contribution in [0.25, 0.3) is 0 Å². The summed E-state index contributed by atoms with van der Waals surface area (Å²) in [6, 6.07) is 0. The van der Waals surface area contributed by atoms with Crippen molar-refractivity contribution in [1.29, 1.82) is 0 Å². The molecule has 0 aromatic carbocycles. The molecule has 0 unspecified atom stereocenters. The number of hydrogen-bond donors (Lipinski definition) is 1. The van der Waals surface area contributed by atoms with Crippen molar-refractivity contribution in [3.05, 3.63) is 0 Å². The van der Waals surface area contributed by atoms with Gasteiger partial charge in [0.2, 0.25) is 0 Å². The maximum Gasteiger partial charge on any atom is 0.421 e. The largest absolute Gasteiger partial charge is 0.421 e. The van der Waals surface area contributed by atoms with E-state index in [2.05, 4.69) is 0 Å². The zero-order valence-electron chi connectivity index (χ0n) is 3.69. The van der Waals surface area contributed by atoms with Crippen LogP contribution in [0, 0.1) is 11.8 Å². The first-order valence-electron chi connectivity index (χ1n) is 1.63. The van der Waals surface area contributed by atoms with E-state index in [4.69, 9.17) is 5.11 Å². The van der Waals surface area contributed by atoms with Crippen LogP contribution in [0.4, 0.5) is 8.78 Å². The number of alkyl halides is 2. The van der Waals surface area contributed by atoms with Crippen molar-refractivity contribution in [2.24, 2.45) is 0 Å². The molecule has 0 aromatic rings. The van der Waals surface area contributed by atoms with Gasteiger partial charge in [-0.1, -0.05) is 0 Å². The van der Waals surface area contributed by atoms with Gasteiger partial charge in [0.05, 0.1) is 0 Å². The molecule has 0 amide bonds. The maximum absolute atomic E-state index is 11.1. The lowest BCUT2D eigenvalue weighted by molar-refractivity contribution is -0.145. The Balaban J connectivity index is 3.87. The SMILES string of the molecule is O=CC#CC(O)(F)F. The van der Waals surface area contributed by atoms with Crippen molar-refractivity contribution in [3.8, 4) is 11.8 Å². The molecule has 0 spiro atoms. The number of carbonyl (C=O) groups excluding carboxylic acids is 1. The third-order valence-corrected chi connectivity index (χ3v) is 0.281. The zero-order valence-corrected chi connectivity index (χ0v) is 3.69. The van der Waals surface area contributed by atoms with Gasteiger partial charge in [-0.3, -0.25) is 4.79 Å². The normalized spacial score (nSPS) is 9.38. The van der Waals surface area contributed by atoms with E-state index in [1.807, 2.05) is 0 Å². The van der Waals surface area contributed by atoms with E-state index in [9.17, 15) is 13.6 Å². The van der Waals surface area contributed by atoms with Gasteiger partial charge in [0.1, 0.15) is 0 Å². The minimum atomic E-state index is -4.04. The molecule has 0 aliphatic heterocycles. The van der Waals surface area contributed by atoms with Crippen molar-refractivity contribution >= 4 is 6.29 Å². The van der Waals surface area contributed by atoms with Crippen LogP contribution in [-0.2, 0) is 4.79 Å². The molecule has 0 fully saturated rings. The quantitative estimate of drug-likeness (QED) is 0.354. The summed E-state index contributed by atoms with van der Waals surface area (Å²) in [5.41, 5.74) is 0. The molecule has 1 N–H and O–H groups in total. The highest BCUT2D eigenvalue weighted by atomic mass is 19.3. The van der Waals surface area contributed by atoms with E-state index in [1.54, 1.807) is 0 Å². The minimum absolute atomic E-state index is 0.0237. The number of rotatable bonds is 0. The summed E-state index contributed by atoms with van der Waals surface area (Å²) >= 11 is 0. The summed E-state index contributed by atoms with van der Waals surface area (Å²) < 4.78 is 22.3. The standard InChI is InChI=1S/C4H2F2O2/c5-4(6,8)2-1-3-7/h3,8H. The Labute approximate surface area is 44.1 Å². The smallest absolute Gasteiger partial charge is 0.326 e. The fourth-order valence-corrected chi connectivity index (χ4v) is 0.116. The number of aldehydes is 1. The third kappa shape index (κ3) is 5.05. The van der Waals surface area contributed by atoms with Gasteiger partial charge < -0.3 is 5.11 Å². The lowest BCUT2D eigenvalue weighted by atomic mass is 10.6. The number of halogens is 2. The lowest BCUT2D eigenvalue weighted by Gasteiger charge is -1.93. The molecule has 0 rings (SSSR count). The maximum atomic E-state index is 11.1. The first kappa shape index (κ1) is 7.05. The van der Waals surface area contributed by atoms with E-state index in [-0.39, 0.29) is 6.29 Å². The van der Waals surface area contributed by atoms with Crippen molar-refractivity contribution < 1.29 is 18.7 Å². The molecule has 4 heteroatoms. The molecule has 0 saturated heterocycles. The van der Waals surface area contributed by atoms with Crippen LogP contribution < -0.4 is 0 Å². The third-order valence-electron chi connectivity index (χ3n) is 0.281. The Hall–Kier alpha value is -0.950. The second kappa shape index (κ2) is 2.38. The first-order valence-corrected chi connectivity index (χ1v) is 1.63. The van der Waals surface area contributed by atoms with E-state index in [0.717, 1.165) is 5.92 Å². The first-order chi connectivity index (χ1) is 3.56.